The highest BCUT2D eigenvalue weighted by Gasteiger charge is 2.20. The molecular formula is C10H17N2O8P. The molecule has 21 heavy (non-hydrogen) atoms. The van der Waals surface area contributed by atoms with Crippen LogP contribution in [0.3, 0.4) is 0 Å². The summed E-state index contributed by atoms with van der Waals surface area (Å²) in [5, 5.41) is 19.3. The number of aromatic amines is 1. The molecule has 0 fully saturated rings. The van der Waals surface area contributed by atoms with E-state index in [1.165, 1.54) is 13.1 Å². The fourth-order valence-electron chi connectivity index (χ4n) is 1.48. The monoisotopic (exact) mass is 324 g/mol. The maximum Gasteiger partial charge on any atom is 0.350 e. The van der Waals surface area contributed by atoms with Crippen LogP contribution in [0.1, 0.15) is 5.56 Å². The van der Waals surface area contributed by atoms with Crippen molar-refractivity contribution in [1.29, 1.82) is 0 Å². The van der Waals surface area contributed by atoms with E-state index in [2.05, 4.69) is 4.74 Å². The van der Waals surface area contributed by atoms with Gasteiger partial charge in [-0.1, -0.05) is 0 Å². The van der Waals surface area contributed by atoms with Crippen LogP contribution >= 0.6 is 7.60 Å². The number of aryl methyl sites for hydroxylation is 1. The molecule has 10 nitrogen and oxygen atoms in total. The smallest absolute Gasteiger partial charge is 0.350 e. The van der Waals surface area contributed by atoms with Crippen molar-refractivity contribution in [2.45, 2.75) is 25.7 Å². The molecular weight excluding hydrogens is 307 g/mol. The largest absolute Gasteiger partial charge is 0.388 e. The molecule has 11 heteroatoms. The zero-order valence-electron chi connectivity index (χ0n) is 11.2. The Kier molecular flexibility index (Phi) is 6.02. The Hall–Kier alpha value is -1.29. The maximum atomic E-state index is 11.5. The minimum atomic E-state index is -4.35. The Bertz CT molecular complexity index is 633. The molecule has 1 rings (SSSR count). The Morgan fingerprint density at radius 2 is 1.95 bits per heavy atom. The van der Waals surface area contributed by atoms with Crippen molar-refractivity contribution in [1.82, 2.24) is 9.55 Å². The molecule has 0 aliphatic heterocycles. The van der Waals surface area contributed by atoms with Crippen molar-refractivity contribution in [3.05, 3.63) is 32.6 Å². The summed E-state index contributed by atoms with van der Waals surface area (Å²) in [5.41, 5.74) is -1.03. The van der Waals surface area contributed by atoms with Gasteiger partial charge in [0.15, 0.2) is 0 Å². The number of hydrogen-bond donors (Lipinski definition) is 5. The van der Waals surface area contributed by atoms with Crippen molar-refractivity contribution in [2.75, 3.05) is 13.0 Å². The summed E-state index contributed by atoms with van der Waals surface area (Å²) in [6.45, 7) is 0.654. The number of aliphatic hydroxyl groups is 2. The summed E-state index contributed by atoms with van der Waals surface area (Å²) >= 11 is 0. The van der Waals surface area contributed by atoms with Crippen LogP contribution in [0.4, 0.5) is 0 Å². The fraction of sp³-hybridized carbons (Fsp3) is 0.600. The highest BCUT2D eigenvalue weighted by molar-refractivity contribution is 7.51. The first-order valence-electron chi connectivity index (χ1n) is 5.89. The molecule has 0 saturated carbocycles. The third-order valence-corrected chi connectivity index (χ3v) is 3.08. The van der Waals surface area contributed by atoms with E-state index >= 15 is 0 Å². The molecule has 0 aromatic carbocycles. The van der Waals surface area contributed by atoms with Crippen LogP contribution in [0.15, 0.2) is 15.8 Å². The lowest BCUT2D eigenvalue weighted by molar-refractivity contribution is -0.0382. The van der Waals surface area contributed by atoms with Crippen LogP contribution in [-0.4, -0.2) is 54.7 Å². The molecule has 0 amide bonds. The third kappa shape index (κ3) is 5.92. The van der Waals surface area contributed by atoms with E-state index in [4.69, 9.17) is 9.79 Å². The lowest BCUT2D eigenvalue weighted by Gasteiger charge is -2.19. The van der Waals surface area contributed by atoms with Gasteiger partial charge in [-0.2, -0.15) is 0 Å². The summed E-state index contributed by atoms with van der Waals surface area (Å²) in [5.74, 6) is 0. The van der Waals surface area contributed by atoms with Crippen molar-refractivity contribution in [2.24, 2.45) is 0 Å². The number of nitrogens with one attached hydrogen (secondary N) is 1. The van der Waals surface area contributed by atoms with Gasteiger partial charge in [-0.15, -0.1) is 0 Å². The fourth-order valence-corrected chi connectivity index (χ4v) is 1.82. The van der Waals surface area contributed by atoms with E-state index in [1.54, 1.807) is 0 Å². The molecule has 2 unspecified atom stereocenters. The van der Waals surface area contributed by atoms with Crippen molar-refractivity contribution in [3.8, 4) is 0 Å². The maximum absolute atomic E-state index is 11.5. The van der Waals surface area contributed by atoms with Gasteiger partial charge < -0.3 is 24.7 Å². The lowest BCUT2D eigenvalue weighted by atomic mass is 10.2. The minimum Gasteiger partial charge on any atom is -0.388 e. The Morgan fingerprint density at radius 1 is 1.33 bits per heavy atom. The summed E-state index contributed by atoms with van der Waals surface area (Å²) < 4.78 is 16.1. The van der Waals surface area contributed by atoms with Gasteiger partial charge in [-0.25, -0.2) is 4.79 Å². The number of hydrogen-bond acceptors (Lipinski definition) is 6. The Balaban J connectivity index is 2.62. The molecule has 0 spiro atoms. The normalized spacial score (nSPS) is 14.9. The van der Waals surface area contributed by atoms with E-state index in [1.807, 2.05) is 4.98 Å². The number of aromatic nitrogens is 2. The second-order valence-corrected chi connectivity index (χ2v) is 6.11. The third-order valence-electron chi connectivity index (χ3n) is 2.56. The van der Waals surface area contributed by atoms with Crippen LogP contribution in [0.25, 0.3) is 0 Å². The number of aliphatic hydroxyl groups excluding tert-OH is 2. The molecule has 0 aliphatic rings. The molecule has 1 heterocycles. The summed E-state index contributed by atoms with van der Waals surface area (Å²) in [4.78, 5) is 41.8. The molecule has 0 radical (unpaired) electrons. The molecule has 5 N–H and O–H groups in total. The zero-order valence-corrected chi connectivity index (χ0v) is 12.1. The van der Waals surface area contributed by atoms with Crippen molar-refractivity contribution < 1.29 is 29.3 Å². The van der Waals surface area contributed by atoms with Crippen LogP contribution in [0, 0.1) is 6.92 Å². The van der Waals surface area contributed by atoms with Crippen LogP contribution in [0.5, 0.6) is 0 Å². The van der Waals surface area contributed by atoms with Gasteiger partial charge in [0, 0.05) is 11.8 Å². The van der Waals surface area contributed by atoms with Gasteiger partial charge in [0.1, 0.15) is 18.6 Å². The first-order chi connectivity index (χ1) is 9.60. The standard InChI is InChI=1S/C10H17N2O8P/c1-6-2-12(10(16)11-9(6)15)3-7(13)8(14)4-20-5-21(17,18)19/h2,7-8,13-14H,3-5H2,1H3,(H,11,15,16)(H2,17,18,19). The first-order valence-corrected chi connectivity index (χ1v) is 7.68. The van der Waals surface area contributed by atoms with Crippen LogP contribution in [-0.2, 0) is 15.8 Å². The molecule has 1 aromatic rings. The van der Waals surface area contributed by atoms with E-state index < -0.39 is 44.0 Å². The number of rotatable bonds is 7. The molecule has 0 bridgehead atoms. The predicted molar refractivity (Wildman–Crippen MR) is 70.9 cm³/mol. The Labute approximate surface area is 118 Å². The van der Waals surface area contributed by atoms with Gasteiger partial charge in [-0.3, -0.25) is 18.9 Å². The van der Waals surface area contributed by atoms with Crippen molar-refractivity contribution in [3.63, 3.8) is 0 Å². The first kappa shape index (κ1) is 17.8. The van der Waals surface area contributed by atoms with E-state index in [-0.39, 0.29) is 12.1 Å². The van der Waals surface area contributed by atoms with E-state index in [0.717, 1.165) is 4.57 Å². The molecule has 0 aliphatic carbocycles. The van der Waals surface area contributed by atoms with Crippen LogP contribution in [0.2, 0.25) is 0 Å². The average molecular weight is 324 g/mol. The summed E-state index contributed by atoms with van der Waals surface area (Å²) in [6.07, 6.45) is -2.51. The van der Waals surface area contributed by atoms with Crippen molar-refractivity contribution >= 4 is 7.60 Å². The number of nitrogens with zero attached hydrogens (tertiary/aromatic N) is 1. The highest BCUT2D eigenvalue weighted by Crippen LogP contribution is 2.33. The molecule has 120 valence electrons. The summed E-state index contributed by atoms with van der Waals surface area (Å²) in [6, 6.07) is 0. The van der Waals surface area contributed by atoms with Gasteiger partial charge >= 0.3 is 13.3 Å². The average Bonchev–Trinajstić information content (AvgIpc) is 2.34. The predicted octanol–water partition coefficient (Wildman–Crippen LogP) is -2.28. The Morgan fingerprint density at radius 3 is 2.52 bits per heavy atom. The molecule has 0 saturated heterocycles. The second kappa shape index (κ2) is 7.12. The van der Waals surface area contributed by atoms with Gasteiger partial charge in [0.2, 0.25) is 0 Å². The van der Waals surface area contributed by atoms with Gasteiger partial charge in [0.25, 0.3) is 5.56 Å². The SMILES string of the molecule is Cc1cn(CC(O)C(O)COCP(=O)(O)O)c(=O)[nH]c1=O. The number of H-pyrrole nitrogens is 1. The molecule has 2 atom stereocenters. The highest BCUT2D eigenvalue weighted by atomic mass is 31.2. The van der Waals surface area contributed by atoms with E-state index in [0.29, 0.717) is 0 Å². The second-order valence-electron chi connectivity index (χ2n) is 4.52. The van der Waals surface area contributed by atoms with Crippen LogP contribution < -0.4 is 11.2 Å². The van der Waals surface area contributed by atoms with E-state index in [9.17, 15) is 24.4 Å². The van der Waals surface area contributed by atoms with Gasteiger partial charge in [-0.05, 0) is 6.92 Å². The molecule has 1 aromatic heterocycles. The lowest BCUT2D eigenvalue weighted by Crippen LogP contribution is -2.39. The number of ether oxygens (including phenoxy) is 1. The quantitative estimate of drug-likeness (QED) is 0.350. The topological polar surface area (TPSA) is 162 Å². The zero-order chi connectivity index (χ0) is 16.2. The van der Waals surface area contributed by atoms with Gasteiger partial charge in [0.05, 0.1) is 13.2 Å². The summed E-state index contributed by atoms with van der Waals surface area (Å²) in [7, 11) is -4.35. The minimum absolute atomic E-state index is 0.258.